The average Bonchev–Trinajstić information content (AvgIpc) is 2.46. The Labute approximate surface area is 119 Å². The number of rotatable bonds is 9. The van der Waals surface area contributed by atoms with E-state index in [4.69, 9.17) is 4.74 Å². The van der Waals surface area contributed by atoms with Crippen LogP contribution in [0, 0.1) is 0 Å². The van der Waals surface area contributed by atoms with Gasteiger partial charge in [-0.05, 0) is 12.8 Å². The fourth-order valence-electron chi connectivity index (χ4n) is 2.26. The normalized spacial score (nSPS) is 11.2. The van der Waals surface area contributed by atoms with Gasteiger partial charge in [0.05, 0.1) is 12.3 Å². The number of nitrogens with zero attached hydrogens (tertiary/aromatic N) is 3. The Morgan fingerprint density at radius 3 is 2.70 bits per heavy atom. The molecule has 20 heavy (non-hydrogen) atoms. The summed E-state index contributed by atoms with van der Waals surface area (Å²) < 4.78 is 5.14. The number of aromatic nitrogens is 2. The van der Waals surface area contributed by atoms with Gasteiger partial charge in [-0.3, -0.25) is 4.90 Å². The first-order chi connectivity index (χ1) is 9.63. The number of hydrogen-bond donors (Lipinski definition) is 1. The third kappa shape index (κ3) is 4.54. The molecule has 0 saturated carbocycles. The van der Waals surface area contributed by atoms with Gasteiger partial charge in [0, 0.05) is 32.4 Å². The van der Waals surface area contributed by atoms with Crippen molar-refractivity contribution in [3.05, 3.63) is 23.8 Å². The van der Waals surface area contributed by atoms with E-state index in [-0.39, 0.29) is 5.56 Å². The van der Waals surface area contributed by atoms with Crippen molar-refractivity contribution in [2.45, 2.75) is 39.3 Å². The fraction of sp³-hybridized carbons (Fsp3) is 0.643. The molecule has 0 aliphatic rings. The van der Waals surface area contributed by atoms with E-state index < -0.39 is 5.97 Å². The molecule has 1 N–H and O–H groups in total. The van der Waals surface area contributed by atoms with Crippen molar-refractivity contribution < 1.29 is 14.6 Å². The van der Waals surface area contributed by atoms with Gasteiger partial charge in [0.2, 0.25) is 0 Å². The molecule has 0 spiro atoms. The van der Waals surface area contributed by atoms with Gasteiger partial charge >= 0.3 is 5.97 Å². The first-order valence-electron chi connectivity index (χ1n) is 6.89. The monoisotopic (exact) mass is 281 g/mol. The second-order valence-corrected chi connectivity index (χ2v) is 4.62. The van der Waals surface area contributed by atoms with Crippen LogP contribution in [-0.4, -0.2) is 52.2 Å². The van der Waals surface area contributed by atoms with E-state index in [2.05, 4.69) is 28.7 Å². The van der Waals surface area contributed by atoms with E-state index in [1.54, 1.807) is 7.11 Å². The van der Waals surface area contributed by atoms with Gasteiger partial charge in [-0.15, -0.1) is 0 Å². The molecule has 0 aromatic carbocycles. The highest BCUT2D eigenvalue weighted by Gasteiger charge is 2.19. The minimum Gasteiger partial charge on any atom is -0.478 e. The molecule has 112 valence electrons. The van der Waals surface area contributed by atoms with E-state index in [1.165, 1.54) is 12.5 Å². The summed E-state index contributed by atoms with van der Waals surface area (Å²) in [6.07, 6.45) is 4.76. The van der Waals surface area contributed by atoms with Crippen LogP contribution in [0.25, 0.3) is 0 Å². The lowest BCUT2D eigenvalue weighted by atomic mass is 10.1. The molecule has 0 fully saturated rings. The molecule has 0 aliphatic carbocycles. The Kier molecular flexibility index (Phi) is 7.11. The van der Waals surface area contributed by atoms with Crippen molar-refractivity contribution in [2.75, 3.05) is 20.3 Å². The highest BCUT2D eigenvalue weighted by atomic mass is 16.5. The summed E-state index contributed by atoms with van der Waals surface area (Å²) in [4.78, 5) is 21.3. The van der Waals surface area contributed by atoms with Crippen molar-refractivity contribution >= 4 is 5.97 Å². The van der Waals surface area contributed by atoms with Crippen molar-refractivity contribution in [1.29, 1.82) is 0 Å². The minimum absolute atomic E-state index is 0.167. The summed E-state index contributed by atoms with van der Waals surface area (Å²) >= 11 is 0. The molecule has 6 heteroatoms. The van der Waals surface area contributed by atoms with Gasteiger partial charge in [0.15, 0.2) is 0 Å². The van der Waals surface area contributed by atoms with Crippen LogP contribution in [0.3, 0.4) is 0 Å². The maximum atomic E-state index is 11.2. The Morgan fingerprint density at radius 1 is 1.45 bits per heavy atom. The number of carboxylic acids is 1. The van der Waals surface area contributed by atoms with E-state index >= 15 is 0 Å². The maximum absolute atomic E-state index is 11.2. The molecule has 0 bridgehead atoms. The number of aromatic carboxylic acids is 1. The Balaban J connectivity index is 2.91. The van der Waals surface area contributed by atoms with Crippen LogP contribution in [0.5, 0.6) is 0 Å². The third-order valence-corrected chi connectivity index (χ3v) is 3.42. The van der Waals surface area contributed by atoms with Crippen molar-refractivity contribution in [1.82, 2.24) is 14.9 Å². The van der Waals surface area contributed by atoms with E-state index in [0.29, 0.717) is 24.9 Å². The molecule has 1 heterocycles. The molecule has 0 saturated heterocycles. The fourth-order valence-corrected chi connectivity index (χ4v) is 2.26. The zero-order valence-electron chi connectivity index (χ0n) is 12.4. The van der Waals surface area contributed by atoms with E-state index in [9.17, 15) is 9.90 Å². The quantitative estimate of drug-likeness (QED) is 0.744. The Hall–Kier alpha value is -1.53. The lowest BCUT2D eigenvalue weighted by molar-refractivity contribution is 0.0690. The zero-order chi connectivity index (χ0) is 15.0. The molecule has 1 aromatic rings. The van der Waals surface area contributed by atoms with Crippen molar-refractivity contribution in [3.8, 4) is 0 Å². The summed E-state index contributed by atoms with van der Waals surface area (Å²) in [5, 5.41) is 9.18. The predicted octanol–water partition coefficient (Wildman–Crippen LogP) is 1.81. The summed E-state index contributed by atoms with van der Waals surface area (Å²) in [5.74, 6) is -0.989. The van der Waals surface area contributed by atoms with Crippen LogP contribution >= 0.6 is 0 Å². The summed E-state index contributed by atoms with van der Waals surface area (Å²) in [5.41, 5.74) is 0.719. The van der Waals surface area contributed by atoms with E-state index in [0.717, 1.165) is 19.4 Å². The topological polar surface area (TPSA) is 75.5 Å². The zero-order valence-corrected chi connectivity index (χ0v) is 12.4. The first-order valence-corrected chi connectivity index (χ1v) is 6.89. The molecule has 0 aliphatic heterocycles. The number of ether oxygens (including phenoxy) is 1. The van der Waals surface area contributed by atoms with Gasteiger partial charge in [-0.1, -0.05) is 13.8 Å². The molecular formula is C14H23N3O3. The Bertz CT molecular complexity index is 422. The van der Waals surface area contributed by atoms with Crippen LogP contribution in [0.1, 0.15) is 42.7 Å². The highest BCUT2D eigenvalue weighted by molar-refractivity contribution is 5.88. The standard InChI is InChI=1S/C14H23N3O3/c1-4-11(5-2)17(6-7-20-3)9-13-12(14(18)19)8-15-10-16-13/h8,10-11H,4-7,9H2,1-3H3,(H,18,19). The first kappa shape index (κ1) is 16.5. The van der Waals surface area contributed by atoms with Crippen LogP contribution in [0.4, 0.5) is 0 Å². The second-order valence-electron chi connectivity index (χ2n) is 4.62. The van der Waals surface area contributed by atoms with Crippen LogP contribution in [0.2, 0.25) is 0 Å². The summed E-state index contributed by atoms with van der Waals surface area (Å²) in [7, 11) is 1.67. The SMILES string of the molecule is CCC(CC)N(CCOC)Cc1ncncc1C(=O)O. The largest absolute Gasteiger partial charge is 0.478 e. The molecular weight excluding hydrogens is 258 g/mol. The summed E-state index contributed by atoms with van der Waals surface area (Å²) in [6, 6.07) is 0.391. The molecule has 0 amide bonds. The lowest BCUT2D eigenvalue weighted by Gasteiger charge is -2.30. The van der Waals surface area contributed by atoms with Gasteiger partial charge in [0.25, 0.3) is 0 Å². The predicted molar refractivity (Wildman–Crippen MR) is 75.6 cm³/mol. The van der Waals surface area contributed by atoms with Crippen molar-refractivity contribution in [2.24, 2.45) is 0 Å². The van der Waals surface area contributed by atoms with Crippen LogP contribution in [0.15, 0.2) is 12.5 Å². The molecule has 6 nitrogen and oxygen atoms in total. The van der Waals surface area contributed by atoms with Gasteiger partial charge in [0.1, 0.15) is 11.9 Å². The number of methoxy groups -OCH3 is 1. The van der Waals surface area contributed by atoms with Gasteiger partial charge in [-0.2, -0.15) is 0 Å². The minimum atomic E-state index is -0.989. The number of carbonyl (C=O) groups is 1. The number of hydrogen-bond acceptors (Lipinski definition) is 5. The maximum Gasteiger partial charge on any atom is 0.339 e. The molecule has 0 unspecified atom stereocenters. The van der Waals surface area contributed by atoms with Crippen LogP contribution < -0.4 is 0 Å². The van der Waals surface area contributed by atoms with Crippen LogP contribution in [-0.2, 0) is 11.3 Å². The highest BCUT2D eigenvalue weighted by Crippen LogP contribution is 2.14. The smallest absolute Gasteiger partial charge is 0.339 e. The van der Waals surface area contributed by atoms with Crippen molar-refractivity contribution in [3.63, 3.8) is 0 Å². The van der Waals surface area contributed by atoms with E-state index in [1.807, 2.05) is 0 Å². The van der Waals surface area contributed by atoms with Gasteiger partial charge in [-0.25, -0.2) is 14.8 Å². The molecule has 1 aromatic heterocycles. The third-order valence-electron chi connectivity index (χ3n) is 3.42. The Morgan fingerprint density at radius 2 is 2.15 bits per heavy atom. The molecule has 1 rings (SSSR count). The lowest BCUT2D eigenvalue weighted by Crippen LogP contribution is -2.37. The number of carboxylic acid groups (broad SMARTS) is 1. The van der Waals surface area contributed by atoms with Gasteiger partial charge < -0.3 is 9.84 Å². The molecule has 0 radical (unpaired) electrons. The summed E-state index contributed by atoms with van der Waals surface area (Å²) in [6.45, 7) is 6.13. The average molecular weight is 281 g/mol. The second kappa shape index (κ2) is 8.60. The molecule has 0 atom stereocenters.